The van der Waals surface area contributed by atoms with Crippen LogP contribution >= 0.6 is 15.9 Å². The molecule has 2 rings (SSSR count). The van der Waals surface area contributed by atoms with Gasteiger partial charge in [-0.25, -0.2) is 4.39 Å². The monoisotopic (exact) mass is 354 g/mol. The summed E-state index contributed by atoms with van der Waals surface area (Å²) in [6.45, 7) is 7.43. The third-order valence-corrected chi connectivity index (χ3v) is 4.26. The molecule has 2 atom stereocenters. The van der Waals surface area contributed by atoms with Gasteiger partial charge in [0, 0.05) is 23.1 Å². The number of halogens is 2. The van der Waals surface area contributed by atoms with Gasteiger partial charge < -0.3 is 4.74 Å². The van der Waals surface area contributed by atoms with E-state index < -0.39 is 12.3 Å². The molecule has 114 valence electrons. The molecule has 1 aromatic carbocycles. The molecule has 0 saturated carbocycles. The van der Waals surface area contributed by atoms with Crippen LogP contribution < -0.4 is 4.74 Å². The van der Waals surface area contributed by atoms with Crippen molar-refractivity contribution in [3.8, 4) is 11.8 Å². The van der Waals surface area contributed by atoms with E-state index in [1.54, 1.807) is 18.2 Å². The van der Waals surface area contributed by atoms with Crippen LogP contribution in [0.2, 0.25) is 0 Å². The van der Waals surface area contributed by atoms with Crippen molar-refractivity contribution in [2.75, 3.05) is 13.1 Å². The van der Waals surface area contributed by atoms with Gasteiger partial charge in [0.2, 0.25) is 0 Å². The van der Waals surface area contributed by atoms with E-state index in [1.165, 1.54) is 0 Å². The largest absolute Gasteiger partial charge is 0.486 e. The zero-order chi connectivity index (χ0) is 15.6. The standard InChI is InChI=1S/C16H20BrFN2O/c1-16(2,3)20-7-6-15(13(18)10-20)21-14-5-4-12(17)8-11(14)9-19/h4-5,8,13,15H,6-7,10H2,1-3H3. The Morgan fingerprint density at radius 1 is 1.43 bits per heavy atom. The van der Waals surface area contributed by atoms with E-state index in [9.17, 15) is 4.39 Å². The second-order valence-corrected chi connectivity index (χ2v) is 7.25. The van der Waals surface area contributed by atoms with Crippen LogP contribution in [0.25, 0.3) is 0 Å². The summed E-state index contributed by atoms with van der Waals surface area (Å²) in [5, 5.41) is 9.13. The van der Waals surface area contributed by atoms with Gasteiger partial charge in [-0.1, -0.05) is 15.9 Å². The number of hydrogen-bond acceptors (Lipinski definition) is 3. The first-order valence-corrected chi connectivity index (χ1v) is 7.86. The Hall–Kier alpha value is -1.12. The fourth-order valence-corrected chi connectivity index (χ4v) is 2.84. The van der Waals surface area contributed by atoms with Crippen LogP contribution in [-0.4, -0.2) is 35.8 Å². The zero-order valence-corrected chi connectivity index (χ0v) is 14.2. The highest BCUT2D eigenvalue weighted by molar-refractivity contribution is 9.10. The van der Waals surface area contributed by atoms with Gasteiger partial charge in [-0.3, -0.25) is 4.90 Å². The highest BCUT2D eigenvalue weighted by atomic mass is 79.9. The van der Waals surface area contributed by atoms with Crippen molar-refractivity contribution < 1.29 is 9.13 Å². The number of hydrogen-bond donors (Lipinski definition) is 0. The molecule has 1 saturated heterocycles. The SMILES string of the molecule is CC(C)(C)N1CCC(Oc2ccc(Br)cc2C#N)C(F)C1. The summed E-state index contributed by atoms with van der Waals surface area (Å²) < 4.78 is 20.9. The number of alkyl halides is 1. The van der Waals surface area contributed by atoms with Crippen LogP contribution in [0.4, 0.5) is 4.39 Å². The lowest BCUT2D eigenvalue weighted by atomic mass is 9.98. The van der Waals surface area contributed by atoms with Gasteiger partial charge in [-0.05, 0) is 45.4 Å². The number of likely N-dealkylation sites (tertiary alicyclic amines) is 1. The van der Waals surface area contributed by atoms with E-state index in [4.69, 9.17) is 10.00 Å². The van der Waals surface area contributed by atoms with E-state index >= 15 is 0 Å². The zero-order valence-electron chi connectivity index (χ0n) is 12.6. The third-order valence-electron chi connectivity index (χ3n) is 3.77. The minimum atomic E-state index is -1.05. The van der Waals surface area contributed by atoms with Gasteiger partial charge in [0.1, 0.15) is 24.1 Å². The van der Waals surface area contributed by atoms with Crippen LogP contribution in [0.15, 0.2) is 22.7 Å². The first kappa shape index (κ1) is 16.3. The molecule has 0 radical (unpaired) electrons. The maximum absolute atomic E-state index is 14.4. The predicted molar refractivity (Wildman–Crippen MR) is 84.1 cm³/mol. The quantitative estimate of drug-likeness (QED) is 0.807. The summed E-state index contributed by atoms with van der Waals surface area (Å²) in [6.07, 6.45) is -0.913. The average molecular weight is 355 g/mol. The van der Waals surface area contributed by atoms with E-state index in [0.717, 1.165) is 11.0 Å². The summed E-state index contributed by atoms with van der Waals surface area (Å²) in [7, 11) is 0. The second kappa shape index (κ2) is 6.33. The minimum absolute atomic E-state index is 0.0370. The Morgan fingerprint density at radius 3 is 2.71 bits per heavy atom. The number of benzene rings is 1. The summed E-state index contributed by atoms with van der Waals surface area (Å²) in [6, 6.07) is 7.29. The lowest BCUT2D eigenvalue weighted by Gasteiger charge is -2.42. The minimum Gasteiger partial charge on any atom is -0.486 e. The molecule has 0 N–H and O–H groups in total. The molecule has 0 aromatic heterocycles. The fraction of sp³-hybridized carbons (Fsp3) is 0.562. The number of nitriles is 1. The molecule has 1 aromatic rings. The molecule has 5 heteroatoms. The lowest BCUT2D eigenvalue weighted by molar-refractivity contribution is -0.0116. The van der Waals surface area contributed by atoms with E-state index in [1.807, 2.05) is 0 Å². The highest BCUT2D eigenvalue weighted by Crippen LogP contribution is 2.28. The molecule has 3 nitrogen and oxygen atoms in total. The Bertz CT molecular complexity index is 550. The lowest BCUT2D eigenvalue weighted by Crippen LogP contribution is -2.53. The Morgan fingerprint density at radius 2 is 2.14 bits per heavy atom. The number of nitrogens with zero attached hydrogens (tertiary/aromatic N) is 2. The Balaban J connectivity index is 2.07. The van der Waals surface area contributed by atoms with Crippen molar-refractivity contribution in [3.63, 3.8) is 0 Å². The summed E-state index contributed by atoms with van der Waals surface area (Å²) >= 11 is 3.32. The predicted octanol–water partition coefficient (Wildman–Crippen LogP) is 3.91. The van der Waals surface area contributed by atoms with Gasteiger partial charge in [0.25, 0.3) is 0 Å². The van der Waals surface area contributed by atoms with Crippen LogP contribution in [0.5, 0.6) is 5.75 Å². The van der Waals surface area contributed by atoms with Crippen molar-refractivity contribution in [1.29, 1.82) is 5.26 Å². The summed E-state index contributed by atoms with van der Waals surface area (Å²) in [4.78, 5) is 2.13. The van der Waals surface area contributed by atoms with Crippen molar-refractivity contribution in [1.82, 2.24) is 4.90 Å². The molecule has 2 unspecified atom stereocenters. The number of ether oxygens (including phenoxy) is 1. The van der Waals surface area contributed by atoms with Gasteiger partial charge in [-0.2, -0.15) is 5.26 Å². The highest BCUT2D eigenvalue weighted by Gasteiger charge is 2.35. The van der Waals surface area contributed by atoms with Crippen LogP contribution in [0, 0.1) is 11.3 Å². The molecular formula is C16H20BrFN2O. The van der Waals surface area contributed by atoms with Gasteiger partial charge in [-0.15, -0.1) is 0 Å². The first-order valence-electron chi connectivity index (χ1n) is 7.06. The molecule has 1 aliphatic rings. The second-order valence-electron chi connectivity index (χ2n) is 6.33. The van der Waals surface area contributed by atoms with Crippen LogP contribution in [-0.2, 0) is 0 Å². The number of piperidine rings is 1. The van der Waals surface area contributed by atoms with Crippen molar-refractivity contribution in [3.05, 3.63) is 28.2 Å². The molecule has 0 bridgehead atoms. The molecule has 0 aliphatic carbocycles. The van der Waals surface area contributed by atoms with Crippen molar-refractivity contribution in [2.24, 2.45) is 0 Å². The molecule has 1 heterocycles. The normalized spacial score (nSPS) is 23.6. The van der Waals surface area contributed by atoms with Gasteiger partial charge >= 0.3 is 0 Å². The first-order chi connectivity index (χ1) is 9.81. The Labute approximate surface area is 133 Å². The summed E-state index contributed by atoms with van der Waals surface area (Å²) in [5.74, 6) is 0.456. The third kappa shape index (κ3) is 3.96. The van der Waals surface area contributed by atoms with E-state index in [2.05, 4.69) is 47.7 Å². The van der Waals surface area contributed by atoms with Crippen molar-refractivity contribution >= 4 is 15.9 Å². The molecule has 1 aliphatic heterocycles. The fourth-order valence-electron chi connectivity index (χ4n) is 2.48. The van der Waals surface area contributed by atoms with Crippen LogP contribution in [0.3, 0.4) is 0 Å². The Kier molecular flexibility index (Phi) is 4.90. The number of rotatable bonds is 2. The van der Waals surface area contributed by atoms with E-state index in [0.29, 0.717) is 24.3 Å². The van der Waals surface area contributed by atoms with Crippen LogP contribution in [0.1, 0.15) is 32.8 Å². The van der Waals surface area contributed by atoms with Gasteiger partial charge in [0.05, 0.1) is 5.56 Å². The summed E-state index contributed by atoms with van der Waals surface area (Å²) in [5.41, 5.74) is 0.389. The maximum atomic E-state index is 14.4. The molecule has 21 heavy (non-hydrogen) atoms. The topological polar surface area (TPSA) is 36.3 Å². The van der Waals surface area contributed by atoms with Crippen molar-refractivity contribution in [2.45, 2.75) is 45.0 Å². The van der Waals surface area contributed by atoms with Gasteiger partial charge in [0.15, 0.2) is 0 Å². The molecule has 1 fully saturated rings. The molecule has 0 spiro atoms. The smallest absolute Gasteiger partial charge is 0.149 e. The maximum Gasteiger partial charge on any atom is 0.149 e. The van der Waals surface area contributed by atoms with E-state index in [-0.39, 0.29) is 5.54 Å². The average Bonchev–Trinajstić information content (AvgIpc) is 2.41. The molecular weight excluding hydrogens is 335 g/mol. The molecule has 0 amide bonds.